The first-order chi connectivity index (χ1) is 18.3. The van der Waals surface area contributed by atoms with Crippen molar-refractivity contribution in [3.05, 3.63) is 107 Å². The van der Waals surface area contributed by atoms with Gasteiger partial charge in [0.2, 0.25) is 0 Å². The molecule has 0 spiro atoms. The molecule has 0 aliphatic heterocycles. The number of nitrogens with zero attached hydrogens (tertiary/aromatic N) is 3. The van der Waals surface area contributed by atoms with Crippen LogP contribution in [0.1, 0.15) is 0 Å². The number of fused-ring (bicyclic) bond motifs is 1. The molecule has 0 amide bonds. The summed E-state index contributed by atoms with van der Waals surface area (Å²) in [5.74, 6) is 0.277. The summed E-state index contributed by atoms with van der Waals surface area (Å²) >= 11 is 5.92. The van der Waals surface area contributed by atoms with Gasteiger partial charge in [-0.25, -0.2) is 23.2 Å². The Kier molecular flexibility index (Phi) is 6.91. The van der Waals surface area contributed by atoms with Gasteiger partial charge >= 0.3 is 5.69 Å². The van der Waals surface area contributed by atoms with Crippen molar-refractivity contribution in [3.8, 4) is 11.1 Å². The zero-order chi connectivity index (χ0) is 26.7. The van der Waals surface area contributed by atoms with Crippen molar-refractivity contribution in [2.75, 3.05) is 17.1 Å². The third-order valence-corrected chi connectivity index (χ3v) is 7.23. The third-order valence-electron chi connectivity index (χ3n) is 5.63. The summed E-state index contributed by atoms with van der Waals surface area (Å²) in [6.07, 6.45) is 0. The van der Waals surface area contributed by atoms with E-state index in [1.165, 1.54) is 31.4 Å². The third kappa shape index (κ3) is 5.41. The number of anilines is 3. The van der Waals surface area contributed by atoms with E-state index in [0.717, 1.165) is 11.1 Å². The molecule has 4 aromatic carbocycles. The van der Waals surface area contributed by atoms with E-state index in [4.69, 9.17) is 11.6 Å². The average molecular weight is 547 g/mol. The number of halogens is 1. The number of aromatic nitrogens is 2. The minimum atomic E-state index is -3.97. The highest BCUT2D eigenvalue weighted by Crippen LogP contribution is 2.30. The fourth-order valence-corrected chi connectivity index (χ4v) is 4.89. The molecule has 0 radical (unpaired) electrons. The zero-order valence-corrected chi connectivity index (χ0v) is 21.6. The van der Waals surface area contributed by atoms with Gasteiger partial charge in [-0.3, -0.25) is 4.72 Å². The minimum absolute atomic E-state index is 0.0402. The van der Waals surface area contributed by atoms with Crippen LogP contribution in [0.3, 0.4) is 0 Å². The van der Waals surface area contributed by atoms with E-state index in [0.29, 0.717) is 32.4 Å². The number of rotatable bonds is 8. The Hall–Kier alpha value is -4.54. The Bertz CT molecular complexity index is 1740. The van der Waals surface area contributed by atoms with E-state index in [9.17, 15) is 13.3 Å². The van der Waals surface area contributed by atoms with Gasteiger partial charge in [0.05, 0.1) is 20.8 Å². The molecule has 0 saturated carbocycles. The number of nitrogens with one attached hydrogen (secondary N) is 2. The largest absolute Gasteiger partial charge is 0.337 e. The van der Waals surface area contributed by atoms with Crippen molar-refractivity contribution in [1.29, 1.82) is 0 Å². The first-order valence-corrected chi connectivity index (χ1v) is 13.2. The quantitative estimate of drug-likeness (QED) is 0.214. The summed E-state index contributed by atoms with van der Waals surface area (Å²) in [6.45, 7) is 0. The predicted octanol–water partition coefficient (Wildman–Crippen LogP) is 6.47. The molecule has 190 valence electrons. The van der Waals surface area contributed by atoms with Gasteiger partial charge in [0, 0.05) is 22.8 Å². The smallest absolute Gasteiger partial charge is 0.316 e. The van der Waals surface area contributed by atoms with Gasteiger partial charge in [-0.2, -0.15) is 0 Å². The molecule has 0 aliphatic rings. The number of para-hydroxylation sites is 2. The Balaban J connectivity index is 1.49. The van der Waals surface area contributed by atoms with E-state index in [1.54, 1.807) is 42.5 Å². The molecular weight excluding hydrogens is 526 g/mol. The van der Waals surface area contributed by atoms with Crippen LogP contribution in [-0.4, -0.2) is 30.4 Å². The van der Waals surface area contributed by atoms with Crippen molar-refractivity contribution in [2.24, 2.45) is 0 Å². The van der Waals surface area contributed by atoms with Crippen molar-refractivity contribution >= 4 is 55.7 Å². The Morgan fingerprint density at radius 2 is 1.45 bits per heavy atom. The molecular formula is C27H21ClN5O4S+. The fraction of sp³-hybridized carbons (Fsp3) is 0.0370. The van der Waals surface area contributed by atoms with E-state index in [2.05, 4.69) is 24.8 Å². The summed E-state index contributed by atoms with van der Waals surface area (Å²) in [6, 6.07) is 27.4. The molecule has 0 aliphatic carbocycles. The monoisotopic (exact) mass is 546 g/mol. The number of hydrogen-bond donors (Lipinski definition) is 2. The van der Waals surface area contributed by atoms with Crippen LogP contribution in [0.25, 0.3) is 22.2 Å². The normalized spacial score (nSPS) is 11.2. The molecule has 0 bridgehead atoms. The second kappa shape index (κ2) is 10.4. The minimum Gasteiger partial charge on any atom is -0.337 e. The summed E-state index contributed by atoms with van der Waals surface area (Å²) < 4.78 is 28.8. The van der Waals surface area contributed by atoms with Crippen LogP contribution >= 0.6 is 11.6 Å². The summed E-state index contributed by atoms with van der Waals surface area (Å²) in [7, 11) is -2.67. The molecule has 1 heterocycles. The standard InChI is InChI=1S/C27H21ClN5O4S/c1-37-33(34)22-13-9-18(10-14-22)19-5-4-6-21(17-19)29-26-27(31-25-8-3-2-7-24(25)30-26)32-38(35,36)23-15-11-20(28)12-16-23/h2-17H,1H3,(H,29,30)(H,31,32)/q+1. The van der Waals surface area contributed by atoms with Crippen molar-refractivity contribution in [3.63, 3.8) is 0 Å². The molecule has 0 fully saturated rings. The van der Waals surface area contributed by atoms with Crippen molar-refractivity contribution in [1.82, 2.24) is 9.97 Å². The lowest BCUT2D eigenvalue weighted by Gasteiger charge is -2.14. The van der Waals surface area contributed by atoms with Crippen LogP contribution in [-0.2, 0) is 14.9 Å². The maximum absolute atomic E-state index is 13.1. The molecule has 0 unspecified atom stereocenters. The van der Waals surface area contributed by atoms with E-state index in [1.807, 2.05) is 30.3 Å². The molecule has 1 aromatic heterocycles. The van der Waals surface area contributed by atoms with Crippen LogP contribution in [0.2, 0.25) is 5.02 Å². The van der Waals surface area contributed by atoms with Crippen LogP contribution in [0, 0.1) is 4.91 Å². The van der Waals surface area contributed by atoms with Gasteiger partial charge < -0.3 is 5.32 Å². The number of benzene rings is 4. The SMILES string of the molecule is CO[N+](=O)c1ccc(-c2cccc(Nc3nc4ccccc4nc3NS(=O)(=O)c3ccc(Cl)cc3)c2)cc1. The average Bonchev–Trinajstić information content (AvgIpc) is 2.93. The van der Waals surface area contributed by atoms with Crippen LogP contribution in [0.4, 0.5) is 23.0 Å². The van der Waals surface area contributed by atoms with E-state index < -0.39 is 10.0 Å². The molecule has 11 heteroatoms. The molecule has 38 heavy (non-hydrogen) atoms. The van der Waals surface area contributed by atoms with Crippen LogP contribution in [0.15, 0.2) is 102 Å². The number of hydrogen-bond acceptors (Lipinski definition) is 7. The number of sulfonamides is 1. The zero-order valence-electron chi connectivity index (χ0n) is 20.0. The van der Waals surface area contributed by atoms with Crippen molar-refractivity contribution in [2.45, 2.75) is 4.90 Å². The summed E-state index contributed by atoms with van der Waals surface area (Å²) in [5, 5.41) is 3.62. The highest BCUT2D eigenvalue weighted by molar-refractivity contribution is 7.92. The lowest BCUT2D eigenvalue weighted by molar-refractivity contribution is -0.736. The summed E-state index contributed by atoms with van der Waals surface area (Å²) in [4.78, 5) is 26.0. The molecule has 0 saturated heterocycles. The maximum Gasteiger partial charge on any atom is 0.316 e. The Morgan fingerprint density at radius 1 is 0.789 bits per heavy atom. The van der Waals surface area contributed by atoms with E-state index in [-0.39, 0.29) is 16.5 Å². The Labute approximate surface area is 223 Å². The predicted molar refractivity (Wildman–Crippen MR) is 147 cm³/mol. The van der Waals surface area contributed by atoms with Crippen LogP contribution < -0.4 is 10.0 Å². The first kappa shape index (κ1) is 25.1. The molecule has 2 N–H and O–H groups in total. The fourth-order valence-electron chi connectivity index (χ4n) is 3.75. The second-order valence-electron chi connectivity index (χ2n) is 8.16. The van der Waals surface area contributed by atoms with Gasteiger partial charge in [0.1, 0.15) is 0 Å². The van der Waals surface area contributed by atoms with Gasteiger partial charge in [0.25, 0.3) is 14.9 Å². The summed E-state index contributed by atoms with van der Waals surface area (Å²) in [5.41, 5.74) is 3.89. The first-order valence-electron chi connectivity index (χ1n) is 11.4. The topological polar surface area (TPSA) is 113 Å². The maximum atomic E-state index is 13.1. The van der Waals surface area contributed by atoms with Gasteiger partial charge in [0.15, 0.2) is 18.7 Å². The van der Waals surface area contributed by atoms with Gasteiger partial charge in [-0.1, -0.05) is 35.9 Å². The van der Waals surface area contributed by atoms with Gasteiger partial charge in [-0.05, 0) is 71.8 Å². The molecule has 5 aromatic rings. The second-order valence-corrected chi connectivity index (χ2v) is 10.3. The molecule has 0 atom stereocenters. The Morgan fingerprint density at radius 3 is 2.11 bits per heavy atom. The van der Waals surface area contributed by atoms with E-state index >= 15 is 0 Å². The van der Waals surface area contributed by atoms with Crippen molar-refractivity contribution < 1.29 is 18.2 Å². The lowest BCUT2D eigenvalue weighted by atomic mass is 10.0. The highest BCUT2D eigenvalue weighted by atomic mass is 35.5. The van der Waals surface area contributed by atoms with Gasteiger partial charge in [-0.15, -0.1) is 0 Å². The van der Waals surface area contributed by atoms with Crippen LogP contribution in [0.5, 0.6) is 0 Å². The molecule has 5 rings (SSSR count). The highest BCUT2D eigenvalue weighted by Gasteiger charge is 2.19. The lowest BCUT2D eigenvalue weighted by Crippen LogP contribution is -2.16. The molecule has 9 nitrogen and oxygen atoms in total.